The van der Waals surface area contributed by atoms with Crippen molar-refractivity contribution in [2.24, 2.45) is 4.99 Å². The largest absolute Gasteiger partial charge is 0.504 e. The standard InChI is InChI=1S/C18H18ClNO4/c1-23-16-9-5-6-12(18(16)22)11-20-15(10-17(21)24-2)13-7-3-4-8-14(13)19/h3-9,11,15,22H,10H2,1-2H3/t15-/m0/s1. The number of hydrogen-bond donors (Lipinski definition) is 1. The van der Waals surface area contributed by atoms with Crippen LogP contribution in [0.5, 0.6) is 11.5 Å². The second kappa shape index (κ2) is 8.36. The molecule has 0 aliphatic heterocycles. The van der Waals surface area contributed by atoms with E-state index >= 15 is 0 Å². The molecule has 1 N–H and O–H groups in total. The first kappa shape index (κ1) is 17.8. The molecule has 6 heteroatoms. The number of hydrogen-bond acceptors (Lipinski definition) is 5. The first-order chi connectivity index (χ1) is 11.6. The van der Waals surface area contributed by atoms with Gasteiger partial charge in [-0.1, -0.05) is 35.9 Å². The number of rotatable bonds is 6. The summed E-state index contributed by atoms with van der Waals surface area (Å²) < 4.78 is 9.80. The number of halogens is 1. The molecule has 24 heavy (non-hydrogen) atoms. The first-order valence-corrected chi connectivity index (χ1v) is 7.65. The van der Waals surface area contributed by atoms with Crippen LogP contribution in [0.3, 0.4) is 0 Å². The van der Waals surface area contributed by atoms with Gasteiger partial charge in [0.25, 0.3) is 0 Å². The summed E-state index contributed by atoms with van der Waals surface area (Å²) in [5, 5.41) is 10.6. The van der Waals surface area contributed by atoms with E-state index in [2.05, 4.69) is 4.99 Å². The number of benzene rings is 2. The Morgan fingerprint density at radius 1 is 1.25 bits per heavy atom. The highest BCUT2D eigenvalue weighted by Crippen LogP contribution is 2.31. The molecule has 126 valence electrons. The molecule has 0 saturated carbocycles. The van der Waals surface area contributed by atoms with Crippen molar-refractivity contribution >= 4 is 23.8 Å². The van der Waals surface area contributed by atoms with Crippen LogP contribution < -0.4 is 4.74 Å². The molecule has 0 radical (unpaired) electrons. The Kier molecular flexibility index (Phi) is 6.21. The van der Waals surface area contributed by atoms with Crippen LogP contribution in [0.2, 0.25) is 5.02 Å². The molecule has 2 aromatic rings. The number of esters is 1. The van der Waals surface area contributed by atoms with Gasteiger partial charge in [0.15, 0.2) is 11.5 Å². The van der Waals surface area contributed by atoms with Crippen molar-refractivity contribution in [1.82, 2.24) is 0 Å². The molecule has 0 aliphatic rings. The van der Waals surface area contributed by atoms with E-state index in [4.69, 9.17) is 21.1 Å². The Labute approximate surface area is 145 Å². The predicted octanol–water partition coefficient (Wildman–Crippen LogP) is 3.78. The summed E-state index contributed by atoms with van der Waals surface area (Å²) in [5.41, 5.74) is 1.19. The fraction of sp³-hybridized carbons (Fsp3) is 0.222. The molecule has 0 saturated heterocycles. The molecule has 0 bridgehead atoms. The van der Waals surface area contributed by atoms with Crippen LogP contribution in [0.4, 0.5) is 0 Å². The van der Waals surface area contributed by atoms with E-state index in [1.54, 1.807) is 36.4 Å². The molecule has 2 rings (SSSR count). The van der Waals surface area contributed by atoms with Gasteiger partial charge in [-0.3, -0.25) is 9.79 Å². The van der Waals surface area contributed by atoms with Crippen LogP contribution >= 0.6 is 11.6 Å². The quantitative estimate of drug-likeness (QED) is 0.638. The number of carbonyl (C=O) groups excluding carboxylic acids is 1. The molecule has 5 nitrogen and oxygen atoms in total. The molecule has 0 unspecified atom stereocenters. The van der Waals surface area contributed by atoms with Crippen LogP contribution in [0.25, 0.3) is 0 Å². The molecule has 0 aromatic heterocycles. The Balaban J connectivity index is 2.35. The lowest BCUT2D eigenvalue weighted by Crippen LogP contribution is -2.08. The van der Waals surface area contributed by atoms with Crippen molar-refractivity contribution in [1.29, 1.82) is 0 Å². The van der Waals surface area contributed by atoms with Gasteiger partial charge in [-0.2, -0.15) is 0 Å². The van der Waals surface area contributed by atoms with Gasteiger partial charge in [0.2, 0.25) is 0 Å². The fourth-order valence-corrected chi connectivity index (χ4v) is 2.47. The van der Waals surface area contributed by atoms with E-state index < -0.39 is 12.0 Å². The Morgan fingerprint density at radius 3 is 2.67 bits per heavy atom. The van der Waals surface area contributed by atoms with E-state index in [9.17, 15) is 9.90 Å². The molecular formula is C18H18ClNO4. The molecule has 1 atom stereocenters. The smallest absolute Gasteiger partial charge is 0.308 e. The van der Waals surface area contributed by atoms with Crippen molar-refractivity contribution in [2.75, 3.05) is 14.2 Å². The minimum absolute atomic E-state index is 0.0141. The van der Waals surface area contributed by atoms with Gasteiger partial charge in [-0.15, -0.1) is 0 Å². The number of phenolic OH excluding ortho intramolecular Hbond substituents is 1. The highest BCUT2D eigenvalue weighted by atomic mass is 35.5. The van der Waals surface area contributed by atoms with Crippen molar-refractivity contribution in [3.8, 4) is 11.5 Å². The lowest BCUT2D eigenvalue weighted by Gasteiger charge is -2.13. The number of methoxy groups -OCH3 is 2. The monoisotopic (exact) mass is 347 g/mol. The zero-order valence-corrected chi connectivity index (χ0v) is 14.2. The fourth-order valence-electron chi connectivity index (χ4n) is 2.21. The minimum Gasteiger partial charge on any atom is -0.504 e. The molecule has 0 spiro atoms. The van der Waals surface area contributed by atoms with E-state index in [1.807, 2.05) is 6.07 Å². The Morgan fingerprint density at radius 2 is 2.00 bits per heavy atom. The number of nitrogens with zero attached hydrogens (tertiary/aromatic N) is 1. The Hall–Kier alpha value is -2.53. The zero-order chi connectivity index (χ0) is 17.5. The number of aromatic hydroxyl groups is 1. The highest BCUT2D eigenvalue weighted by molar-refractivity contribution is 6.31. The third-order valence-electron chi connectivity index (χ3n) is 3.50. The molecule has 0 aliphatic carbocycles. The molecular weight excluding hydrogens is 330 g/mol. The van der Waals surface area contributed by atoms with Gasteiger partial charge >= 0.3 is 5.97 Å². The normalized spacial score (nSPS) is 12.1. The average molecular weight is 348 g/mol. The molecule has 0 heterocycles. The minimum atomic E-state index is -0.517. The maximum atomic E-state index is 11.7. The Bertz CT molecular complexity index is 746. The van der Waals surface area contributed by atoms with Crippen LogP contribution in [0, 0.1) is 0 Å². The SMILES string of the molecule is COC(=O)C[C@H](N=Cc1cccc(OC)c1O)c1ccccc1Cl. The van der Waals surface area contributed by atoms with Crippen molar-refractivity contribution in [3.05, 3.63) is 58.6 Å². The summed E-state index contributed by atoms with van der Waals surface area (Å²) in [7, 11) is 2.80. The first-order valence-electron chi connectivity index (χ1n) is 7.27. The average Bonchev–Trinajstić information content (AvgIpc) is 2.60. The van der Waals surface area contributed by atoms with Crippen molar-refractivity contribution < 1.29 is 19.4 Å². The molecule has 0 fully saturated rings. The van der Waals surface area contributed by atoms with E-state index in [0.717, 1.165) is 0 Å². The molecule has 2 aromatic carbocycles. The number of para-hydroxylation sites is 1. The van der Waals surface area contributed by atoms with Crippen LogP contribution in [-0.2, 0) is 9.53 Å². The third kappa shape index (κ3) is 4.26. The van der Waals surface area contributed by atoms with Crippen LogP contribution in [0.15, 0.2) is 47.5 Å². The van der Waals surface area contributed by atoms with E-state index in [0.29, 0.717) is 21.9 Å². The summed E-state index contributed by atoms with van der Waals surface area (Å²) in [6.07, 6.45) is 1.54. The summed E-state index contributed by atoms with van der Waals surface area (Å²) in [4.78, 5) is 16.1. The second-order valence-corrected chi connectivity index (χ2v) is 5.40. The maximum Gasteiger partial charge on any atom is 0.308 e. The van der Waals surface area contributed by atoms with Gasteiger partial charge in [0.1, 0.15) is 0 Å². The van der Waals surface area contributed by atoms with Crippen molar-refractivity contribution in [2.45, 2.75) is 12.5 Å². The van der Waals surface area contributed by atoms with Crippen LogP contribution in [0.1, 0.15) is 23.6 Å². The maximum absolute atomic E-state index is 11.7. The summed E-state index contributed by atoms with van der Waals surface area (Å²) >= 11 is 6.21. The van der Waals surface area contributed by atoms with Gasteiger partial charge in [-0.25, -0.2) is 0 Å². The second-order valence-electron chi connectivity index (χ2n) is 4.99. The summed E-state index contributed by atoms with van der Waals surface area (Å²) in [6, 6.07) is 11.7. The number of carbonyl (C=O) groups is 1. The number of phenols is 1. The van der Waals surface area contributed by atoms with E-state index in [1.165, 1.54) is 20.4 Å². The number of ether oxygens (including phenoxy) is 2. The zero-order valence-electron chi connectivity index (χ0n) is 13.4. The van der Waals surface area contributed by atoms with Gasteiger partial charge in [0.05, 0.1) is 26.7 Å². The van der Waals surface area contributed by atoms with Gasteiger partial charge in [-0.05, 0) is 23.8 Å². The van der Waals surface area contributed by atoms with E-state index in [-0.39, 0.29) is 12.2 Å². The lowest BCUT2D eigenvalue weighted by molar-refractivity contribution is -0.141. The predicted molar refractivity (Wildman–Crippen MR) is 93.1 cm³/mol. The third-order valence-corrected chi connectivity index (χ3v) is 3.84. The van der Waals surface area contributed by atoms with Crippen LogP contribution in [-0.4, -0.2) is 31.5 Å². The highest BCUT2D eigenvalue weighted by Gasteiger charge is 2.18. The summed E-state index contributed by atoms with van der Waals surface area (Å²) in [5.74, 6) is -0.0622. The number of aliphatic imine (C=N–C) groups is 1. The summed E-state index contributed by atoms with van der Waals surface area (Å²) in [6.45, 7) is 0. The topological polar surface area (TPSA) is 68.1 Å². The lowest BCUT2D eigenvalue weighted by atomic mass is 10.0. The van der Waals surface area contributed by atoms with Crippen molar-refractivity contribution in [3.63, 3.8) is 0 Å². The molecule has 0 amide bonds. The van der Waals surface area contributed by atoms with Gasteiger partial charge in [0, 0.05) is 16.8 Å². The van der Waals surface area contributed by atoms with Gasteiger partial charge < -0.3 is 14.6 Å².